The number of aryl methyl sites for hydroxylation is 1. The second-order valence-corrected chi connectivity index (χ2v) is 3.85. The summed E-state index contributed by atoms with van der Waals surface area (Å²) in [6, 6.07) is 2.02. The third kappa shape index (κ3) is 2.28. The molecule has 2 rings (SSSR count). The van der Waals surface area contributed by atoms with Gasteiger partial charge in [-0.3, -0.25) is 4.98 Å². The van der Waals surface area contributed by atoms with Gasteiger partial charge in [0.15, 0.2) is 0 Å². The van der Waals surface area contributed by atoms with E-state index in [4.69, 9.17) is 5.73 Å². The fraction of sp³-hybridized carbons (Fsp3) is 0.333. The summed E-state index contributed by atoms with van der Waals surface area (Å²) < 4.78 is 2.12. The van der Waals surface area contributed by atoms with Gasteiger partial charge in [0.25, 0.3) is 0 Å². The van der Waals surface area contributed by atoms with Gasteiger partial charge in [0, 0.05) is 30.7 Å². The molecule has 0 saturated carbocycles. The van der Waals surface area contributed by atoms with E-state index < -0.39 is 0 Å². The van der Waals surface area contributed by atoms with Crippen molar-refractivity contribution in [2.75, 3.05) is 6.54 Å². The molecule has 0 bridgehead atoms. The Labute approximate surface area is 95.1 Å². The first kappa shape index (κ1) is 10.8. The van der Waals surface area contributed by atoms with Gasteiger partial charge < -0.3 is 10.3 Å². The lowest BCUT2D eigenvalue weighted by molar-refractivity contribution is 0.727. The molecule has 2 aromatic rings. The van der Waals surface area contributed by atoms with Crippen molar-refractivity contribution in [1.82, 2.24) is 14.5 Å². The van der Waals surface area contributed by atoms with E-state index in [1.54, 1.807) is 0 Å². The molecule has 84 valence electrons. The van der Waals surface area contributed by atoms with E-state index in [0.717, 1.165) is 13.0 Å². The van der Waals surface area contributed by atoms with Crippen LogP contribution < -0.4 is 5.73 Å². The molecule has 0 aliphatic carbocycles. The summed E-state index contributed by atoms with van der Waals surface area (Å²) in [6.45, 7) is 3.56. The van der Waals surface area contributed by atoms with Gasteiger partial charge in [-0.15, -0.1) is 0 Å². The van der Waals surface area contributed by atoms with E-state index in [2.05, 4.69) is 21.5 Å². The molecular formula is C12H16N4. The molecule has 2 aromatic heterocycles. The van der Waals surface area contributed by atoms with E-state index >= 15 is 0 Å². The third-order valence-corrected chi connectivity index (χ3v) is 2.69. The molecular weight excluding hydrogens is 200 g/mol. The molecule has 16 heavy (non-hydrogen) atoms. The first-order valence-electron chi connectivity index (χ1n) is 5.40. The van der Waals surface area contributed by atoms with Crippen molar-refractivity contribution in [3.63, 3.8) is 0 Å². The highest BCUT2D eigenvalue weighted by atomic mass is 15.0. The largest absolute Gasteiger partial charge is 0.330 e. The number of rotatable bonds is 4. The number of nitrogens with zero attached hydrogens (tertiary/aromatic N) is 3. The lowest BCUT2D eigenvalue weighted by atomic mass is 10.1. The first-order valence-corrected chi connectivity index (χ1v) is 5.40. The number of nitrogens with two attached hydrogens (primary N) is 1. The number of hydrogen-bond acceptors (Lipinski definition) is 3. The van der Waals surface area contributed by atoms with Gasteiger partial charge in [-0.05, 0) is 30.7 Å². The Kier molecular flexibility index (Phi) is 3.31. The highest BCUT2D eigenvalue weighted by Crippen LogP contribution is 2.09. The molecule has 4 nitrogen and oxygen atoms in total. The predicted octanol–water partition coefficient (Wildman–Crippen LogP) is 1.14. The zero-order valence-electron chi connectivity index (χ0n) is 9.43. The maximum Gasteiger partial charge on any atom is 0.0951 e. The number of pyridine rings is 1. The summed E-state index contributed by atoms with van der Waals surface area (Å²) in [5.41, 5.74) is 9.20. The van der Waals surface area contributed by atoms with Crippen molar-refractivity contribution in [1.29, 1.82) is 0 Å². The minimum atomic E-state index is 0.651. The van der Waals surface area contributed by atoms with Gasteiger partial charge in [-0.25, -0.2) is 4.98 Å². The fourth-order valence-electron chi connectivity index (χ4n) is 1.69. The highest BCUT2D eigenvalue weighted by molar-refractivity contribution is 5.22. The van der Waals surface area contributed by atoms with E-state index in [1.807, 2.05) is 31.0 Å². The Morgan fingerprint density at radius 3 is 2.94 bits per heavy atom. The minimum absolute atomic E-state index is 0.651. The summed E-state index contributed by atoms with van der Waals surface area (Å²) in [6.07, 6.45) is 8.30. The Bertz CT molecular complexity index is 462. The van der Waals surface area contributed by atoms with Crippen molar-refractivity contribution >= 4 is 0 Å². The average Bonchev–Trinajstić information content (AvgIpc) is 2.70. The van der Waals surface area contributed by atoms with Crippen LogP contribution in [0, 0.1) is 6.92 Å². The fourth-order valence-corrected chi connectivity index (χ4v) is 1.69. The average molecular weight is 216 g/mol. The molecule has 0 unspecified atom stereocenters. The van der Waals surface area contributed by atoms with Gasteiger partial charge in [0.05, 0.1) is 12.9 Å². The van der Waals surface area contributed by atoms with Crippen LogP contribution in [-0.2, 0) is 13.0 Å². The molecule has 4 heteroatoms. The van der Waals surface area contributed by atoms with Gasteiger partial charge in [-0.2, -0.15) is 0 Å². The lowest BCUT2D eigenvalue weighted by Gasteiger charge is -2.09. The van der Waals surface area contributed by atoms with Crippen LogP contribution in [0.5, 0.6) is 0 Å². The molecule has 2 heterocycles. The molecule has 0 aliphatic rings. The van der Waals surface area contributed by atoms with E-state index in [1.165, 1.54) is 16.8 Å². The minimum Gasteiger partial charge on any atom is -0.330 e. The molecule has 2 N–H and O–H groups in total. The second kappa shape index (κ2) is 4.90. The van der Waals surface area contributed by atoms with Crippen LogP contribution in [0.25, 0.3) is 0 Å². The van der Waals surface area contributed by atoms with Crippen molar-refractivity contribution in [2.24, 2.45) is 5.73 Å². The van der Waals surface area contributed by atoms with Gasteiger partial charge >= 0.3 is 0 Å². The molecule has 0 aliphatic heterocycles. The van der Waals surface area contributed by atoms with Crippen LogP contribution in [0.1, 0.15) is 16.8 Å². The normalized spacial score (nSPS) is 10.6. The summed E-state index contributed by atoms with van der Waals surface area (Å²) in [7, 11) is 0. The quantitative estimate of drug-likeness (QED) is 0.833. The van der Waals surface area contributed by atoms with E-state index in [-0.39, 0.29) is 0 Å². The highest BCUT2D eigenvalue weighted by Gasteiger charge is 2.03. The molecule has 0 atom stereocenters. The predicted molar refractivity (Wildman–Crippen MR) is 63.1 cm³/mol. The Balaban J connectivity index is 2.20. The van der Waals surface area contributed by atoms with Crippen LogP contribution >= 0.6 is 0 Å². The third-order valence-electron chi connectivity index (χ3n) is 2.69. The van der Waals surface area contributed by atoms with Crippen LogP contribution in [0.2, 0.25) is 0 Å². The number of imidazole rings is 1. The van der Waals surface area contributed by atoms with Crippen LogP contribution in [0.3, 0.4) is 0 Å². The summed E-state index contributed by atoms with van der Waals surface area (Å²) in [4.78, 5) is 8.30. The van der Waals surface area contributed by atoms with Crippen molar-refractivity contribution in [3.05, 3.63) is 47.8 Å². The number of hydrogen-bond donors (Lipinski definition) is 1. The van der Waals surface area contributed by atoms with Gasteiger partial charge in [0.2, 0.25) is 0 Å². The lowest BCUT2D eigenvalue weighted by Crippen LogP contribution is -2.09. The summed E-state index contributed by atoms with van der Waals surface area (Å²) in [5, 5.41) is 0. The molecule has 0 fully saturated rings. The smallest absolute Gasteiger partial charge is 0.0951 e. The first-order chi connectivity index (χ1) is 7.81. The topological polar surface area (TPSA) is 56.7 Å². The maximum atomic E-state index is 5.56. The van der Waals surface area contributed by atoms with Crippen molar-refractivity contribution in [3.8, 4) is 0 Å². The Morgan fingerprint density at radius 2 is 2.19 bits per heavy atom. The molecule has 0 radical (unpaired) electrons. The zero-order chi connectivity index (χ0) is 11.4. The van der Waals surface area contributed by atoms with Gasteiger partial charge in [-0.1, -0.05) is 0 Å². The monoisotopic (exact) mass is 216 g/mol. The molecule has 0 aromatic carbocycles. The van der Waals surface area contributed by atoms with Crippen LogP contribution in [0.4, 0.5) is 0 Å². The Morgan fingerprint density at radius 1 is 1.31 bits per heavy atom. The van der Waals surface area contributed by atoms with E-state index in [9.17, 15) is 0 Å². The van der Waals surface area contributed by atoms with Crippen molar-refractivity contribution in [2.45, 2.75) is 19.9 Å². The van der Waals surface area contributed by atoms with Gasteiger partial charge in [0.1, 0.15) is 0 Å². The molecule has 0 amide bonds. The van der Waals surface area contributed by atoms with E-state index in [0.29, 0.717) is 6.54 Å². The van der Waals surface area contributed by atoms with Crippen LogP contribution in [0.15, 0.2) is 31.0 Å². The van der Waals surface area contributed by atoms with Crippen LogP contribution in [-0.4, -0.2) is 21.1 Å². The maximum absolute atomic E-state index is 5.56. The summed E-state index contributed by atoms with van der Waals surface area (Å²) >= 11 is 0. The SMILES string of the molecule is Cc1ccncc1Cn1cncc1CCN. The summed E-state index contributed by atoms with van der Waals surface area (Å²) in [5.74, 6) is 0. The molecule has 0 saturated heterocycles. The number of aromatic nitrogens is 3. The second-order valence-electron chi connectivity index (χ2n) is 3.85. The molecule has 0 spiro atoms. The van der Waals surface area contributed by atoms with Crippen molar-refractivity contribution < 1.29 is 0 Å². The zero-order valence-corrected chi connectivity index (χ0v) is 9.43. The Hall–Kier alpha value is -1.68. The standard InChI is InChI=1S/C12H16N4/c1-10-3-5-14-6-11(10)8-16-9-15-7-12(16)2-4-13/h3,5-7,9H,2,4,8,13H2,1H3.